The van der Waals surface area contributed by atoms with E-state index in [0.29, 0.717) is 13.2 Å². The molecule has 0 N–H and O–H groups in total. The van der Waals surface area contributed by atoms with Gasteiger partial charge in [0.05, 0.1) is 25.4 Å². The van der Waals surface area contributed by atoms with Gasteiger partial charge in [0.1, 0.15) is 0 Å². The number of rotatable bonds is 10. The van der Waals surface area contributed by atoms with Gasteiger partial charge in [0.2, 0.25) is 0 Å². The molecule has 144 valence electrons. The fraction of sp³-hybridized carbons (Fsp3) is 1.00. The normalized spacial score (nSPS) is 25.0. The predicted octanol–water partition coefficient (Wildman–Crippen LogP) is 4.61. The summed E-state index contributed by atoms with van der Waals surface area (Å²) in [6.45, 7) is 21.2. The SMILES string of the molecule is CC1(C)O[C@H](COCC[Si](C)(C)C)C[C@@H](COCC[Si](C)(C)C)O1. The van der Waals surface area contributed by atoms with Crippen molar-refractivity contribution < 1.29 is 18.9 Å². The van der Waals surface area contributed by atoms with Crippen LogP contribution in [0.3, 0.4) is 0 Å². The molecule has 0 aromatic heterocycles. The Morgan fingerprint density at radius 1 is 0.792 bits per heavy atom. The van der Waals surface area contributed by atoms with Crippen LogP contribution in [-0.4, -0.2) is 60.6 Å². The summed E-state index contributed by atoms with van der Waals surface area (Å²) < 4.78 is 23.8. The topological polar surface area (TPSA) is 36.9 Å². The van der Waals surface area contributed by atoms with Crippen molar-refractivity contribution in [3.63, 3.8) is 0 Å². The van der Waals surface area contributed by atoms with Crippen LogP contribution in [-0.2, 0) is 18.9 Å². The first kappa shape index (κ1) is 22.3. The molecule has 1 aliphatic rings. The van der Waals surface area contributed by atoms with E-state index in [-0.39, 0.29) is 12.2 Å². The van der Waals surface area contributed by atoms with Crippen molar-refractivity contribution in [2.75, 3.05) is 26.4 Å². The van der Waals surface area contributed by atoms with E-state index in [9.17, 15) is 0 Å². The zero-order valence-electron chi connectivity index (χ0n) is 17.2. The van der Waals surface area contributed by atoms with Crippen LogP contribution in [0.4, 0.5) is 0 Å². The van der Waals surface area contributed by atoms with Crippen molar-refractivity contribution in [2.45, 2.75) is 89.6 Å². The van der Waals surface area contributed by atoms with E-state index in [1.165, 1.54) is 12.1 Å². The lowest BCUT2D eigenvalue weighted by molar-refractivity contribution is -0.310. The van der Waals surface area contributed by atoms with Gasteiger partial charge < -0.3 is 18.9 Å². The molecular formula is C18H40O4Si2. The molecule has 24 heavy (non-hydrogen) atoms. The number of hydrogen-bond donors (Lipinski definition) is 0. The van der Waals surface area contributed by atoms with Gasteiger partial charge in [0.15, 0.2) is 5.79 Å². The Bertz CT molecular complexity index is 329. The highest BCUT2D eigenvalue weighted by molar-refractivity contribution is 6.76. The Hall–Kier alpha value is 0.274. The average molecular weight is 377 g/mol. The van der Waals surface area contributed by atoms with Crippen LogP contribution in [0, 0.1) is 0 Å². The van der Waals surface area contributed by atoms with Crippen LogP contribution in [0.25, 0.3) is 0 Å². The van der Waals surface area contributed by atoms with Crippen molar-refractivity contribution in [1.82, 2.24) is 0 Å². The van der Waals surface area contributed by atoms with E-state index in [1.807, 2.05) is 13.8 Å². The van der Waals surface area contributed by atoms with Gasteiger partial charge in [-0.05, 0) is 25.9 Å². The first-order chi connectivity index (χ1) is 10.9. The largest absolute Gasteiger partial charge is 0.379 e. The zero-order valence-corrected chi connectivity index (χ0v) is 19.2. The molecule has 1 rings (SSSR count). The highest BCUT2D eigenvalue weighted by Gasteiger charge is 2.35. The molecule has 0 aromatic rings. The van der Waals surface area contributed by atoms with E-state index in [1.54, 1.807) is 0 Å². The van der Waals surface area contributed by atoms with Gasteiger partial charge in [-0.25, -0.2) is 0 Å². The molecule has 0 aliphatic carbocycles. The fourth-order valence-corrected chi connectivity index (χ4v) is 4.12. The fourth-order valence-electron chi connectivity index (χ4n) is 2.61. The van der Waals surface area contributed by atoms with Crippen molar-refractivity contribution in [1.29, 1.82) is 0 Å². The lowest BCUT2D eigenvalue weighted by Gasteiger charge is -2.40. The summed E-state index contributed by atoms with van der Waals surface area (Å²) in [5.41, 5.74) is 0. The van der Waals surface area contributed by atoms with Gasteiger partial charge >= 0.3 is 0 Å². The summed E-state index contributed by atoms with van der Waals surface area (Å²) in [5, 5.41) is 0. The highest BCUT2D eigenvalue weighted by atomic mass is 28.3. The molecule has 1 heterocycles. The second kappa shape index (κ2) is 9.28. The Morgan fingerprint density at radius 2 is 1.17 bits per heavy atom. The Kier molecular flexibility index (Phi) is 8.63. The Balaban J connectivity index is 2.32. The van der Waals surface area contributed by atoms with Gasteiger partial charge in [-0.1, -0.05) is 39.3 Å². The maximum Gasteiger partial charge on any atom is 0.163 e. The van der Waals surface area contributed by atoms with E-state index >= 15 is 0 Å². The van der Waals surface area contributed by atoms with Gasteiger partial charge in [-0.2, -0.15) is 0 Å². The molecule has 1 saturated heterocycles. The molecule has 0 aromatic carbocycles. The van der Waals surface area contributed by atoms with Crippen LogP contribution < -0.4 is 0 Å². The summed E-state index contributed by atoms with van der Waals surface area (Å²) in [6, 6.07) is 2.39. The average Bonchev–Trinajstić information content (AvgIpc) is 2.36. The van der Waals surface area contributed by atoms with Crippen molar-refractivity contribution in [3.05, 3.63) is 0 Å². The quantitative estimate of drug-likeness (QED) is 0.412. The minimum absolute atomic E-state index is 0.0981. The van der Waals surface area contributed by atoms with Crippen LogP contribution in [0.2, 0.25) is 51.4 Å². The van der Waals surface area contributed by atoms with E-state index < -0.39 is 21.9 Å². The molecule has 0 spiro atoms. The lowest BCUT2D eigenvalue weighted by Crippen LogP contribution is -2.47. The smallest absolute Gasteiger partial charge is 0.163 e. The summed E-state index contributed by atoms with van der Waals surface area (Å²) in [6.07, 6.45) is 1.05. The zero-order chi connectivity index (χ0) is 18.4. The van der Waals surface area contributed by atoms with Gasteiger partial charge in [-0.3, -0.25) is 0 Å². The number of ether oxygens (including phenoxy) is 4. The van der Waals surface area contributed by atoms with Gasteiger partial charge in [0.25, 0.3) is 0 Å². The molecule has 0 radical (unpaired) electrons. The van der Waals surface area contributed by atoms with Crippen molar-refractivity contribution in [2.24, 2.45) is 0 Å². The highest BCUT2D eigenvalue weighted by Crippen LogP contribution is 2.27. The van der Waals surface area contributed by atoms with Crippen LogP contribution in [0.1, 0.15) is 20.3 Å². The Labute approximate surface area is 151 Å². The molecule has 6 heteroatoms. The van der Waals surface area contributed by atoms with Crippen LogP contribution in [0.5, 0.6) is 0 Å². The molecule has 1 aliphatic heterocycles. The standard InChI is InChI=1S/C18H40O4Si2/c1-18(2)21-16(14-19-9-11-23(3,4)5)13-17(22-18)15-20-10-12-24(6,7)8/h16-17H,9-15H2,1-8H3/t16-,17-/m0/s1. The van der Waals surface area contributed by atoms with Crippen LogP contribution in [0.15, 0.2) is 0 Å². The summed E-state index contributed by atoms with van der Waals surface area (Å²) in [4.78, 5) is 0. The Morgan fingerprint density at radius 3 is 1.50 bits per heavy atom. The minimum atomic E-state index is -1.03. The second-order valence-electron chi connectivity index (χ2n) is 9.89. The molecule has 4 nitrogen and oxygen atoms in total. The third-order valence-electron chi connectivity index (χ3n) is 4.03. The third-order valence-corrected chi connectivity index (χ3v) is 7.44. The first-order valence-corrected chi connectivity index (χ1v) is 16.8. The molecule has 0 bridgehead atoms. The maximum atomic E-state index is 6.01. The molecule has 0 saturated carbocycles. The van der Waals surface area contributed by atoms with Crippen molar-refractivity contribution in [3.8, 4) is 0 Å². The summed E-state index contributed by atoms with van der Waals surface area (Å²) >= 11 is 0. The van der Waals surface area contributed by atoms with Crippen LogP contribution >= 0.6 is 0 Å². The molecular weight excluding hydrogens is 336 g/mol. The molecule has 2 atom stereocenters. The van der Waals surface area contributed by atoms with E-state index in [0.717, 1.165) is 19.6 Å². The third kappa shape index (κ3) is 11.0. The first-order valence-electron chi connectivity index (χ1n) is 9.37. The maximum absolute atomic E-state index is 6.01. The second-order valence-corrected chi connectivity index (χ2v) is 21.1. The minimum Gasteiger partial charge on any atom is -0.379 e. The van der Waals surface area contributed by atoms with Crippen molar-refractivity contribution >= 4 is 16.1 Å². The lowest BCUT2D eigenvalue weighted by atomic mass is 10.1. The summed E-state index contributed by atoms with van der Waals surface area (Å²) in [5.74, 6) is -0.558. The van der Waals surface area contributed by atoms with E-state index in [2.05, 4.69) is 39.3 Å². The molecule has 0 amide bonds. The molecule has 0 unspecified atom stereocenters. The van der Waals surface area contributed by atoms with Gasteiger partial charge in [-0.15, -0.1) is 0 Å². The monoisotopic (exact) mass is 376 g/mol. The molecule has 1 fully saturated rings. The van der Waals surface area contributed by atoms with E-state index in [4.69, 9.17) is 18.9 Å². The number of hydrogen-bond acceptors (Lipinski definition) is 4. The predicted molar refractivity (Wildman–Crippen MR) is 106 cm³/mol. The van der Waals surface area contributed by atoms with Gasteiger partial charge in [0, 0.05) is 35.8 Å². The summed E-state index contributed by atoms with van der Waals surface area (Å²) in [7, 11) is -2.06.